The second kappa shape index (κ2) is 13.6. The normalized spacial score (nSPS) is 10.8. The van der Waals surface area contributed by atoms with Crippen LogP contribution in [0.2, 0.25) is 0 Å². The van der Waals surface area contributed by atoms with Crippen LogP contribution in [0.15, 0.2) is 66.3 Å². The Morgan fingerprint density at radius 2 is 1.57 bits per heavy atom. The molecule has 160 valence electrons. The lowest BCUT2D eigenvalue weighted by Gasteiger charge is -2.07. The van der Waals surface area contributed by atoms with E-state index in [-0.39, 0.29) is 0 Å². The fraction of sp³-hybridized carbons (Fsp3) is 0.250. The van der Waals surface area contributed by atoms with Crippen LogP contribution in [0.4, 0.5) is 0 Å². The van der Waals surface area contributed by atoms with Gasteiger partial charge >= 0.3 is 11.9 Å². The van der Waals surface area contributed by atoms with Gasteiger partial charge in [0.1, 0.15) is 18.1 Å². The van der Waals surface area contributed by atoms with Gasteiger partial charge in [0.2, 0.25) is 0 Å². The van der Waals surface area contributed by atoms with Crippen molar-refractivity contribution in [1.29, 1.82) is 0 Å². The van der Waals surface area contributed by atoms with Gasteiger partial charge in [0.05, 0.1) is 7.11 Å². The van der Waals surface area contributed by atoms with E-state index in [0.29, 0.717) is 12.2 Å². The predicted molar refractivity (Wildman–Crippen MR) is 117 cm³/mol. The molecule has 0 bridgehead atoms. The van der Waals surface area contributed by atoms with Crippen LogP contribution in [0.5, 0.6) is 11.5 Å². The van der Waals surface area contributed by atoms with E-state index in [0.717, 1.165) is 41.5 Å². The molecule has 0 amide bonds. The van der Waals surface area contributed by atoms with Crippen molar-refractivity contribution >= 4 is 18.0 Å². The third-order valence-electron chi connectivity index (χ3n) is 3.94. The minimum atomic E-state index is -0.963. The molecule has 0 heterocycles. The van der Waals surface area contributed by atoms with Crippen molar-refractivity contribution in [2.24, 2.45) is 0 Å². The highest BCUT2D eigenvalue weighted by Crippen LogP contribution is 2.16. The van der Waals surface area contributed by atoms with Crippen LogP contribution in [-0.4, -0.2) is 29.3 Å². The molecule has 6 nitrogen and oxygen atoms in total. The summed E-state index contributed by atoms with van der Waals surface area (Å²) >= 11 is 0. The first-order valence-electron chi connectivity index (χ1n) is 9.52. The first-order valence-corrected chi connectivity index (χ1v) is 9.52. The molecular formula is C24H28O6. The van der Waals surface area contributed by atoms with E-state index in [9.17, 15) is 9.59 Å². The number of hydrogen-bond donors (Lipinski definition) is 2. The van der Waals surface area contributed by atoms with Crippen molar-refractivity contribution in [3.63, 3.8) is 0 Å². The monoisotopic (exact) mass is 412 g/mol. The zero-order chi connectivity index (χ0) is 22.4. The summed E-state index contributed by atoms with van der Waals surface area (Å²) in [4.78, 5) is 20.6. The summed E-state index contributed by atoms with van der Waals surface area (Å²) in [6, 6.07) is 14.9. The number of carbonyl (C=O) groups is 2. The number of hydrogen-bond acceptors (Lipinski definition) is 4. The largest absolute Gasteiger partial charge is 0.497 e. The lowest BCUT2D eigenvalue weighted by atomic mass is 10.2. The van der Waals surface area contributed by atoms with E-state index in [1.165, 1.54) is 6.08 Å². The van der Waals surface area contributed by atoms with Crippen LogP contribution in [0.3, 0.4) is 0 Å². The Bertz CT molecular complexity index is 848. The molecule has 6 heteroatoms. The van der Waals surface area contributed by atoms with E-state index >= 15 is 0 Å². The number of benzene rings is 2. The standard InChI is InChI=1S/C17H16O4.C7H12O2/c1-20-15-7-4-14(5-8-15)12-21-16-9-2-13(3-10-16)6-11-17(18)19;1-3-4-5-6(2)7(8)9/h2-11H,12H2,1H3,(H,18,19);5H,3-4H2,1-2H3,(H,8,9). The molecular weight excluding hydrogens is 384 g/mol. The smallest absolute Gasteiger partial charge is 0.330 e. The number of rotatable bonds is 9. The Morgan fingerprint density at radius 1 is 0.967 bits per heavy atom. The molecule has 2 aromatic carbocycles. The Labute approximate surface area is 177 Å². The van der Waals surface area contributed by atoms with Gasteiger partial charge in [-0.2, -0.15) is 0 Å². The molecule has 2 aromatic rings. The van der Waals surface area contributed by atoms with Gasteiger partial charge in [0.15, 0.2) is 0 Å². The minimum absolute atomic E-state index is 0.442. The van der Waals surface area contributed by atoms with Gasteiger partial charge in [-0.05, 0) is 54.8 Å². The SMILES string of the molecule is CCCC=C(C)C(=O)O.COc1ccc(COc2ccc(C=CC(=O)O)cc2)cc1. The molecule has 2 rings (SSSR count). The van der Waals surface area contributed by atoms with Crippen molar-refractivity contribution in [2.75, 3.05) is 7.11 Å². The molecule has 0 aliphatic rings. The number of allylic oxidation sites excluding steroid dienone is 1. The molecule has 30 heavy (non-hydrogen) atoms. The third kappa shape index (κ3) is 10.1. The number of aliphatic carboxylic acids is 2. The molecule has 0 atom stereocenters. The molecule has 0 aliphatic heterocycles. The Kier molecular flexibility index (Phi) is 11.1. The summed E-state index contributed by atoms with van der Waals surface area (Å²) in [5.74, 6) is -0.232. The van der Waals surface area contributed by atoms with Crippen LogP contribution in [-0.2, 0) is 16.2 Å². The van der Waals surface area contributed by atoms with Gasteiger partial charge in [-0.3, -0.25) is 0 Å². The summed E-state index contributed by atoms with van der Waals surface area (Å²) in [7, 11) is 1.63. The van der Waals surface area contributed by atoms with Crippen LogP contribution in [0.1, 0.15) is 37.8 Å². The van der Waals surface area contributed by atoms with Crippen LogP contribution < -0.4 is 9.47 Å². The molecule has 0 unspecified atom stereocenters. The van der Waals surface area contributed by atoms with E-state index in [4.69, 9.17) is 19.7 Å². The molecule has 0 aromatic heterocycles. The van der Waals surface area contributed by atoms with E-state index in [1.807, 2.05) is 55.5 Å². The minimum Gasteiger partial charge on any atom is -0.497 e. The highest BCUT2D eigenvalue weighted by atomic mass is 16.5. The average Bonchev–Trinajstić information content (AvgIpc) is 2.76. The van der Waals surface area contributed by atoms with Crippen molar-refractivity contribution in [3.05, 3.63) is 77.4 Å². The molecule has 0 fully saturated rings. The van der Waals surface area contributed by atoms with Crippen molar-refractivity contribution in [1.82, 2.24) is 0 Å². The van der Waals surface area contributed by atoms with E-state index in [1.54, 1.807) is 20.1 Å². The number of unbranched alkanes of at least 4 members (excludes halogenated alkanes) is 1. The maximum atomic E-state index is 10.4. The third-order valence-corrected chi connectivity index (χ3v) is 3.94. The van der Waals surface area contributed by atoms with Crippen LogP contribution in [0, 0.1) is 0 Å². The second-order valence-corrected chi connectivity index (χ2v) is 6.36. The number of ether oxygens (including phenoxy) is 2. The number of carboxylic acids is 2. The lowest BCUT2D eigenvalue weighted by molar-refractivity contribution is -0.133. The highest BCUT2D eigenvalue weighted by Gasteiger charge is 1.98. The maximum absolute atomic E-state index is 10.4. The number of carboxylic acid groups (broad SMARTS) is 2. The first-order chi connectivity index (χ1) is 14.3. The van der Waals surface area contributed by atoms with E-state index in [2.05, 4.69) is 0 Å². The van der Waals surface area contributed by atoms with Crippen LogP contribution in [0.25, 0.3) is 6.08 Å². The van der Waals surface area contributed by atoms with Gasteiger partial charge in [0.25, 0.3) is 0 Å². The van der Waals surface area contributed by atoms with Gasteiger partial charge < -0.3 is 19.7 Å². The topological polar surface area (TPSA) is 93.1 Å². The lowest BCUT2D eigenvalue weighted by Crippen LogP contribution is -1.95. The Morgan fingerprint density at radius 3 is 2.07 bits per heavy atom. The average molecular weight is 412 g/mol. The van der Waals surface area contributed by atoms with Gasteiger partial charge in [-0.25, -0.2) is 9.59 Å². The quantitative estimate of drug-likeness (QED) is 0.551. The van der Waals surface area contributed by atoms with Crippen molar-refractivity contribution < 1.29 is 29.3 Å². The zero-order valence-electron chi connectivity index (χ0n) is 17.5. The summed E-state index contributed by atoms with van der Waals surface area (Å²) in [5.41, 5.74) is 2.30. The van der Waals surface area contributed by atoms with Gasteiger partial charge in [-0.1, -0.05) is 43.7 Å². The molecule has 0 saturated carbocycles. The van der Waals surface area contributed by atoms with Crippen molar-refractivity contribution in [2.45, 2.75) is 33.3 Å². The molecule has 0 saturated heterocycles. The van der Waals surface area contributed by atoms with Gasteiger partial charge in [-0.15, -0.1) is 0 Å². The number of methoxy groups -OCH3 is 1. The summed E-state index contributed by atoms with van der Waals surface area (Å²) < 4.78 is 10.8. The summed E-state index contributed by atoms with van der Waals surface area (Å²) in [6.07, 6.45) is 6.24. The van der Waals surface area contributed by atoms with Gasteiger partial charge in [0, 0.05) is 11.6 Å². The first kappa shape index (κ1) is 24.5. The molecule has 0 radical (unpaired) electrons. The second-order valence-electron chi connectivity index (χ2n) is 6.36. The maximum Gasteiger partial charge on any atom is 0.330 e. The van der Waals surface area contributed by atoms with Crippen LogP contribution >= 0.6 is 0 Å². The molecule has 2 N–H and O–H groups in total. The molecule has 0 aliphatic carbocycles. The Hall–Kier alpha value is -3.54. The zero-order valence-corrected chi connectivity index (χ0v) is 17.5. The summed E-state index contributed by atoms with van der Waals surface area (Å²) in [5, 5.41) is 16.9. The van der Waals surface area contributed by atoms with Crippen molar-refractivity contribution in [3.8, 4) is 11.5 Å². The van der Waals surface area contributed by atoms with E-state index < -0.39 is 11.9 Å². The summed E-state index contributed by atoms with van der Waals surface area (Å²) in [6.45, 7) is 4.10. The fourth-order valence-electron chi connectivity index (χ4n) is 2.18. The predicted octanol–water partition coefficient (Wildman–Crippen LogP) is 5.19. The fourth-order valence-corrected chi connectivity index (χ4v) is 2.18. The highest BCUT2D eigenvalue weighted by molar-refractivity contribution is 5.85. The Balaban J connectivity index is 0.000000424. The molecule has 0 spiro atoms.